The smallest absolute Gasteiger partial charge is 0.326 e. The van der Waals surface area contributed by atoms with Gasteiger partial charge in [-0.15, -0.1) is 6.58 Å². The maximum atomic E-state index is 10.9. The fraction of sp³-hybridized carbons (Fsp3) is 0.571. The fourth-order valence-corrected chi connectivity index (χ4v) is 1.02. The monoisotopic (exact) mass is 141 g/mol. The maximum absolute atomic E-state index is 10.9. The topological polar surface area (TPSA) is 52.3 Å². The van der Waals surface area contributed by atoms with Gasteiger partial charge in [0, 0.05) is 5.92 Å². The number of methoxy groups -OCH3 is 1. The molecule has 1 rings (SSSR count). The standard InChI is InChI=1S/C7H11NO2/c1-3-5-4-7(5,8)6(9)10-2/h3,5H,1,4,8H2,2H3. The number of ether oxygens (including phenoxy) is 1. The van der Waals surface area contributed by atoms with Crippen LogP contribution in [0.15, 0.2) is 12.7 Å². The van der Waals surface area contributed by atoms with Crippen LogP contribution in [-0.2, 0) is 9.53 Å². The average Bonchev–Trinajstić information content (AvgIpc) is 2.61. The van der Waals surface area contributed by atoms with Crippen molar-refractivity contribution in [1.82, 2.24) is 0 Å². The summed E-state index contributed by atoms with van der Waals surface area (Å²) in [5.41, 5.74) is 4.86. The molecule has 0 saturated heterocycles. The van der Waals surface area contributed by atoms with Crippen LogP contribution in [0.1, 0.15) is 6.42 Å². The first-order chi connectivity index (χ1) is 4.65. The zero-order chi connectivity index (χ0) is 7.78. The molecule has 0 spiro atoms. The molecule has 1 aliphatic rings. The van der Waals surface area contributed by atoms with Gasteiger partial charge in [-0.2, -0.15) is 0 Å². The minimum Gasteiger partial charge on any atom is -0.468 e. The summed E-state index contributed by atoms with van der Waals surface area (Å²) in [7, 11) is 1.34. The average molecular weight is 141 g/mol. The maximum Gasteiger partial charge on any atom is 0.326 e. The molecule has 3 nitrogen and oxygen atoms in total. The molecule has 10 heavy (non-hydrogen) atoms. The third kappa shape index (κ3) is 0.827. The summed E-state index contributed by atoms with van der Waals surface area (Å²) in [6.45, 7) is 3.55. The van der Waals surface area contributed by atoms with Gasteiger partial charge >= 0.3 is 5.97 Å². The minimum absolute atomic E-state index is 0.111. The first kappa shape index (κ1) is 7.28. The fourth-order valence-electron chi connectivity index (χ4n) is 1.02. The summed E-state index contributed by atoms with van der Waals surface area (Å²) < 4.78 is 4.50. The summed E-state index contributed by atoms with van der Waals surface area (Å²) in [5.74, 6) is -0.225. The van der Waals surface area contributed by atoms with Crippen LogP contribution in [0.4, 0.5) is 0 Å². The summed E-state index contributed by atoms with van der Waals surface area (Å²) in [6, 6.07) is 0. The van der Waals surface area contributed by atoms with E-state index in [0.29, 0.717) is 6.42 Å². The van der Waals surface area contributed by atoms with Crippen molar-refractivity contribution in [3.05, 3.63) is 12.7 Å². The second kappa shape index (κ2) is 2.09. The van der Waals surface area contributed by atoms with E-state index in [0.717, 1.165) is 0 Å². The van der Waals surface area contributed by atoms with Gasteiger partial charge < -0.3 is 10.5 Å². The molecule has 1 aliphatic carbocycles. The number of hydrogen-bond donors (Lipinski definition) is 1. The second-order valence-corrected chi connectivity index (χ2v) is 2.58. The number of carbonyl (C=O) groups excluding carboxylic acids is 1. The largest absolute Gasteiger partial charge is 0.468 e. The van der Waals surface area contributed by atoms with Gasteiger partial charge in [0.2, 0.25) is 0 Å². The van der Waals surface area contributed by atoms with Crippen LogP contribution < -0.4 is 5.73 Å². The van der Waals surface area contributed by atoms with Crippen molar-refractivity contribution in [3.8, 4) is 0 Å². The lowest BCUT2D eigenvalue weighted by molar-refractivity contribution is -0.143. The molecule has 2 atom stereocenters. The highest BCUT2D eigenvalue weighted by Crippen LogP contribution is 2.42. The Morgan fingerprint density at radius 2 is 2.60 bits per heavy atom. The predicted octanol–water partition coefficient (Wildman–Crippen LogP) is 0.0628. The molecule has 0 aliphatic heterocycles. The van der Waals surface area contributed by atoms with Crippen LogP contribution in [-0.4, -0.2) is 18.6 Å². The van der Waals surface area contributed by atoms with Crippen LogP contribution in [0.2, 0.25) is 0 Å². The Kier molecular flexibility index (Phi) is 1.52. The van der Waals surface area contributed by atoms with Crippen LogP contribution in [0, 0.1) is 5.92 Å². The number of carbonyl (C=O) groups is 1. The van der Waals surface area contributed by atoms with Crippen molar-refractivity contribution in [1.29, 1.82) is 0 Å². The van der Waals surface area contributed by atoms with E-state index < -0.39 is 5.54 Å². The van der Waals surface area contributed by atoms with Crippen molar-refractivity contribution < 1.29 is 9.53 Å². The van der Waals surface area contributed by atoms with Crippen LogP contribution >= 0.6 is 0 Å². The SMILES string of the molecule is C=CC1CC1(N)C(=O)OC. The summed E-state index contributed by atoms with van der Waals surface area (Å²) in [5, 5.41) is 0. The van der Waals surface area contributed by atoms with Gasteiger partial charge in [0.1, 0.15) is 5.54 Å². The van der Waals surface area contributed by atoms with E-state index in [1.165, 1.54) is 7.11 Å². The van der Waals surface area contributed by atoms with Crippen molar-refractivity contribution in [2.75, 3.05) is 7.11 Å². The Morgan fingerprint density at radius 3 is 2.90 bits per heavy atom. The normalized spacial score (nSPS) is 36.8. The van der Waals surface area contributed by atoms with Gasteiger partial charge in [-0.1, -0.05) is 6.08 Å². The molecule has 0 aromatic heterocycles. The first-order valence-electron chi connectivity index (χ1n) is 3.15. The van der Waals surface area contributed by atoms with Crippen molar-refractivity contribution >= 4 is 5.97 Å². The molecule has 2 N–H and O–H groups in total. The van der Waals surface area contributed by atoms with Gasteiger partial charge in [-0.3, -0.25) is 4.79 Å². The Hall–Kier alpha value is -0.830. The molecular formula is C7H11NO2. The molecule has 0 heterocycles. The third-order valence-electron chi connectivity index (χ3n) is 1.91. The molecule has 56 valence electrons. The zero-order valence-corrected chi connectivity index (χ0v) is 5.96. The molecule has 0 radical (unpaired) electrons. The molecule has 1 fully saturated rings. The van der Waals surface area contributed by atoms with Gasteiger partial charge in [0.05, 0.1) is 7.11 Å². The Morgan fingerprint density at radius 1 is 2.00 bits per heavy atom. The lowest BCUT2D eigenvalue weighted by atomic mass is 10.2. The van der Waals surface area contributed by atoms with E-state index in [9.17, 15) is 4.79 Å². The van der Waals surface area contributed by atoms with E-state index in [1.54, 1.807) is 6.08 Å². The van der Waals surface area contributed by atoms with E-state index >= 15 is 0 Å². The van der Waals surface area contributed by atoms with E-state index in [-0.39, 0.29) is 11.9 Å². The lowest BCUT2D eigenvalue weighted by Crippen LogP contribution is -2.36. The van der Waals surface area contributed by atoms with E-state index in [4.69, 9.17) is 5.73 Å². The minimum atomic E-state index is -0.753. The Bertz CT molecular complexity index is 178. The number of hydrogen-bond acceptors (Lipinski definition) is 3. The molecule has 0 aromatic rings. The van der Waals surface area contributed by atoms with Crippen molar-refractivity contribution in [2.24, 2.45) is 11.7 Å². The molecule has 1 saturated carbocycles. The van der Waals surface area contributed by atoms with Crippen molar-refractivity contribution in [2.45, 2.75) is 12.0 Å². The summed E-state index contributed by atoms with van der Waals surface area (Å²) in [4.78, 5) is 10.9. The highest BCUT2D eigenvalue weighted by molar-refractivity contribution is 5.85. The molecule has 0 amide bonds. The van der Waals surface area contributed by atoms with Gasteiger partial charge in [-0.25, -0.2) is 0 Å². The Labute approximate surface area is 59.8 Å². The molecule has 2 unspecified atom stereocenters. The van der Waals surface area contributed by atoms with Crippen molar-refractivity contribution in [3.63, 3.8) is 0 Å². The highest BCUT2D eigenvalue weighted by atomic mass is 16.5. The summed E-state index contributed by atoms with van der Waals surface area (Å²) >= 11 is 0. The van der Waals surface area contributed by atoms with Crippen LogP contribution in [0.25, 0.3) is 0 Å². The first-order valence-corrected chi connectivity index (χ1v) is 3.15. The Balaban J connectivity index is 2.58. The quantitative estimate of drug-likeness (QED) is 0.437. The molecule has 0 aromatic carbocycles. The number of rotatable bonds is 2. The van der Waals surface area contributed by atoms with Crippen LogP contribution in [0.3, 0.4) is 0 Å². The van der Waals surface area contributed by atoms with E-state index in [2.05, 4.69) is 11.3 Å². The third-order valence-corrected chi connectivity index (χ3v) is 1.91. The van der Waals surface area contributed by atoms with Gasteiger partial charge in [0.25, 0.3) is 0 Å². The van der Waals surface area contributed by atoms with Gasteiger partial charge in [0.15, 0.2) is 0 Å². The summed E-state index contributed by atoms with van der Waals surface area (Å²) in [6.07, 6.45) is 2.36. The second-order valence-electron chi connectivity index (χ2n) is 2.58. The lowest BCUT2D eigenvalue weighted by Gasteiger charge is -2.05. The van der Waals surface area contributed by atoms with E-state index in [1.807, 2.05) is 0 Å². The highest BCUT2D eigenvalue weighted by Gasteiger charge is 2.56. The molecule has 0 bridgehead atoms. The number of nitrogens with two attached hydrogens (primary N) is 1. The predicted molar refractivity (Wildman–Crippen MR) is 37.2 cm³/mol. The number of esters is 1. The molecule has 3 heteroatoms. The van der Waals surface area contributed by atoms with Crippen LogP contribution in [0.5, 0.6) is 0 Å². The zero-order valence-electron chi connectivity index (χ0n) is 5.96. The molecular weight excluding hydrogens is 130 g/mol. The van der Waals surface area contributed by atoms with Gasteiger partial charge in [-0.05, 0) is 6.42 Å².